The summed E-state index contributed by atoms with van der Waals surface area (Å²) < 4.78 is 11.1. The van der Waals surface area contributed by atoms with Crippen molar-refractivity contribution in [1.82, 2.24) is 0 Å². The summed E-state index contributed by atoms with van der Waals surface area (Å²) in [5.41, 5.74) is 0.648. The van der Waals surface area contributed by atoms with Crippen molar-refractivity contribution < 1.29 is 33.1 Å². The fourth-order valence-electron chi connectivity index (χ4n) is 1.62. The average molecular weight is 288 g/mol. The first-order valence-corrected chi connectivity index (χ1v) is 7.78. The maximum absolute atomic E-state index is 12.4. The van der Waals surface area contributed by atoms with Crippen LogP contribution in [0, 0.1) is 5.92 Å². The molecule has 0 amide bonds. The molecule has 0 atom stereocenters. The van der Waals surface area contributed by atoms with Crippen LogP contribution in [0.5, 0.6) is 11.5 Å². The van der Waals surface area contributed by atoms with E-state index in [2.05, 4.69) is 13.8 Å². The van der Waals surface area contributed by atoms with E-state index in [-0.39, 0.29) is 24.4 Å². The van der Waals surface area contributed by atoms with Gasteiger partial charge in [-0.3, -0.25) is 0 Å². The van der Waals surface area contributed by atoms with E-state index in [0.717, 1.165) is 14.7 Å². The standard InChI is InChI=1S/C15H22O3P.Li/c1-5-17-12-8-7-9-13(18-6-2)14(12)15(16)19-10-11(3)4;/h7-9,11H,5-6,10H2,1-4H3;/q-1;+1. The monoisotopic (exact) mass is 288 g/mol. The van der Waals surface area contributed by atoms with Crippen molar-refractivity contribution in [2.24, 2.45) is 5.92 Å². The molecule has 0 bridgehead atoms. The van der Waals surface area contributed by atoms with Gasteiger partial charge in [0.1, 0.15) is 11.5 Å². The summed E-state index contributed by atoms with van der Waals surface area (Å²) >= 11 is 0. The number of carbonyl (C=O) groups is 1. The molecular weight excluding hydrogens is 266 g/mol. The fraction of sp³-hybridized carbons (Fsp3) is 0.533. The topological polar surface area (TPSA) is 35.5 Å². The normalized spacial score (nSPS) is 10.7. The Morgan fingerprint density at radius 1 is 1.15 bits per heavy atom. The Morgan fingerprint density at radius 2 is 1.65 bits per heavy atom. The predicted molar refractivity (Wildman–Crippen MR) is 79.7 cm³/mol. The van der Waals surface area contributed by atoms with E-state index >= 15 is 0 Å². The van der Waals surface area contributed by atoms with E-state index in [9.17, 15) is 4.79 Å². The first kappa shape index (κ1) is 19.5. The van der Waals surface area contributed by atoms with E-state index in [4.69, 9.17) is 9.47 Å². The smallest absolute Gasteiger partial charge is 0.493 e. The Kier molecular flexibility index (Phi) is 10.0. The van der Waals surface area contributed by atoms with E-state index < -0.39 is 0 Å². The van der Waals surface area contributed by atoms with Crippen molar-refractivity contribution >= 4 is 14.1 Å². The van der Waals surface area contributed by atoms with Gasteiger partial charge < -0.3 is 22.8 Å². The molecule has 0 aliphatic rings. The van der Waals surface area contributed by atoms with Crippen molar-refractivity contribution in [2.45, 2.75) is 27.7 Å². The minimum absolute atomic E-state index is 0. The first-order valence-electron chi connectivity index (χ1n) is 6.70. The van der Waals surface area contributed by atoms with Crippen LogP contribution in [0.4, 0.5) is 0 Å². The van der Waals surface area contributed by atoms with E-state index in [1.165, 1.54) is 0 Å². The van der Waals surface area contributed by atoms with Crippen LogP contribution in [0.15, 0.2) is 18.2 Å². The Bertz CT molecular complexity index is 397. The van der Waals surface area contributed by atoms with Crippen molar-refractivity contribution in [3.05, 3.63) is 23.8 Å². The summed E-state index contributed by atoms with van der Waals surface area (Å²) in [6.07, 6.45) is 0.852. The van der Waals surface area contributed by atoms with Gasteiger partial charge in [0, 0.05) is 5.52 Å². The molecule has 0 spiro atoms. The van der Waals surface area contributed by atoms with Crippen LogP contribution in [0.2, 0.25) is 0 Å². The van der Waals surface area contributed by atoms with Crippen LogP contribution >= 0.6 is 8.58 Å². The molecule has 0 aromatic heterocycles. The Morgan fingerprint density at radius 3 is 2.05 bits per heavy atom. The van der Waals surface area contributed by atoms with Crippen LogP contribution in [-0.4, -0.2) is 24.9 Å². The van der Waals surface area contributed by atoms with Crippen molar-refractivity contribution in [1.29, 1.82) is 0 Å². The molecule has 1 rings (SSSR count). The number of hydrogen-bond donors (Lipinski definition) is 0. The Hall–Kier alpha value is -0.483. The zero-order valence-electron chi connectivity index (χ0n) is 13.1. The summed E-state index contributed by atoms with van der Waals surface area (Å²) in [5, 5.41) is 0. The van der Waals surface area contributed by atoms with Crippen LogP contribution in [0.3, 0.4) is 0 Å². The second kappa shape index (κ2) is 10.3. The van der Waals surface area contributed by atoms with Crippen molar-refractivity contribution in [3.8, 4) is 11.5 Å². The molecular formula is C15H22LiO3P. The second-order valence-electron chi connectivity index (χ2n) is 4.53. The Balaban J connectivity index is 0.00000361. The second-order valence-corrected chi connectivity index (χ2v) is 5.62. The van der Waals surface area contributed by atoms with Gasteiger partial charge in [0.2, 0.25) is 0 Å². The summed E-state index contributed by atoms with van der Waals surface area (Å²) in [7, 11) is 0.793. The molecule has 3 nitrogen and oxygen atoms in total. The molecule has 1 aromatic rings. The molecule has 1 aromatic carbocycles. The van der Waals surface area contributed by atoms with Crippen molar-refractivity contribution in [3.63, 3.8) is 0 Å². The van der Waals surface area contributed by atoms with Gasteiger partial charge in [0.25, 0.3) is 0 Å². The summed E-state index contributed by atoms with van der Waals surface area (Å²) in [6.45, 7) is 9.12. The van der Waals surface area contributed by atoms with E-state index in [1.807, 2.05) is 32.0 Å². The number of hydrogen-bond acceptors (Lipinski definition) is 3. The maximum Gasteiger partial charge on any atom is 1.00 e. The maximum atomic E-state index is 12.4. The van der Waals surface area contributed by atoms with Crippen LogP contribution in [-0.2, 0) is 0 Å². The van der Waals surface area contributed by atoms with E-state index in [0.29, 0.717) is 36.2 Å². The molecule has 0 saturated carbocycles. The van der Waals surface area contributed by atoms with Gasteiger partial charge in [0.15, 0.2) is 0 Å². The van der Waals surface area contributed by atoms with Gasteiger partial charge >= 0.3 is 18.9 Å². The van der Waals surface area contributed by atoms with Crippen LogP contribution in [0.1, 0.15) is 38.1 Å². The molecule has 5 heteroatoms. The third kappa shape index (κ3) is 5.88. The quantitative estimate of drug-likeness (QED) is 0.533. The van der Waals surface area contributed by atoms with E-state index in [1.54, 1.807) is 0 Å². The summed E-state index contributed by atoms with van der Waals surface area (Å²) in [4.78, 5) is 12.4. The van der Waals surface area contributed by atoms with Crippen molar-refractivity contribution in [2.75, 3.05) is 19.4 Å². The number of ether oxygens (including phenoxy) is 2. The van der Waals surface area contributed by atoms with Crippen LogP contribution < -0.4 is 28.3 Å². The molecule has 0 aliphatic heterocycles. The summed E-state index contributed by atoms with van der Waals surface area (Å²) in [5.74, 6) is 1.74. The van der Waals surface area contributed by atoms with Crippen LogP contribution in [0.25, 0.3) is 0 Å². The zero-order valence-corrected chi connectivity index (χ0v) is 14.0. The number of carbonyl (C=O) groups excluding carboxylic acids is 1. The molecule has 0 aliphatic carbocycles. The largest absolute Gasteiger partial charge is 1.00 e. The zero-order chi connectivity index (χ0) is 14.3. The third-order valence-corrected chi connectivity index (χ3v) is 3.83. The fourth-order valence-corrected chi connectivity index (χ4v) is 2.53. The van der Waals surface area contributed by atoms with Gasteiger partial charge in [0.05, 0.1) is 18.8 Å². The molecule has 0 unspecified atom stereocenters. The third-order valence-electron chi connectivity index (χ3n) is 2.40. The molecule has 0 radical (unpaired) electrons. The number of benzene rings is 1. The minimum atomic E-state index is 0. The van der Waals surface area contributed by atoms with Gasteiger partial charge in [-0.1, -0.05) is 25.8 Å². The van der Waals surface area contributed by atoms with Gasteiger partial charge in [-0.2, -0.15) is 6.16 Å². The molecule has 106 valence electrons. The van der Waals surface area contributed by atoms with Gasteiger partial charge in [-0.25, -0.2) is 0 Å². The molecule has 0 saturated heterocycles. The predicted octanol–water partition coefficient (Wildman–Crippen LogP) is 1.23. The Labute approximate surface area is 135 Å². The van der Waals surface area contributed by atoms with Gasteiger partial charge in [-0.15, -0.1) is 0 Å². The number of rotatable bonds is 8. The minimum Gasteiger partial charge on any atom is -0.493 e. The average Bonchev–Trinajstić information content (AvgIpc) is 2.37. The molecule has 0 heterocycles. The molecule has 0 N–H and O–H groups in total. The molecule has 0 fully saturated rings. The molecule has 20 heavy (non-hydrogen) atoms. The first-order chi connectivity index (χ1) is 9.10. The SMILES string of the molecule is CCOc1cccc(OCC)c1C(=O)[P-]CC(C)C.[Li+]. The van der Waals surface area contributed by atoms with Gasteiger partial charge in [-0.05, 0) is 26.0 Å². The summed E-state index contributed by atoms with van der Waals surface area (Å²) in [6, 6.07) is 5.50.